The molecule has 90 valence electrons. The van der Waals surface area contributed by atoms with Crippen LogP contribution in [0.2, 0.25) is 5.02 Å². The third-order valence-electron chi connectivity index (χ3n) is 2.68. The number of rotatable bonds is 3. The topological polar surface area (TPSA) is 34.1 Å². The molecule has 0 radical (unpaired) electrons. The fourth-order valence-corrected chi connectivity index (χ4v) is 2.21. The van der Waals surface area contributed by atoms with Crippen LogP contribution in [0.25, 0.3) is 10.9 Å². The van der Waals surface area contributed by atoms with Crippen LogP contribution in [-0.2, 0) is 11.3 Å². The highest BCUT2D eigenvalue weighted by Crippen LogP contribution is 2.28. The second kappa shape index (κ2) is 4.90. The molecule has 0 aliphatic rings. The van der Waals surface area contributed by atoms with Gasteiger partial charge in [0.25, 0.3) is 0 Å². The van der Waals surface area contributed by atoms with E-state index < -0.39 is 0 Å². The monoisotopic (exact) mass is 250 g/mol. The maximum absolute atomic E-state index is 6.07. The van der Waals surface area contributed by atoms with Gasteiger partial charge < -0.3 is 10.1 Å². The van der Waals surface area contributed by atoms with Crippen LogP contribution < -0.4 is 5.32 Å². The van der Waals surface area contributed by atoms with Crippen molar-refractivity contribution in [3.05, 3.63) is 34.5 Å². The highest BCUT2D eigenvalue weighted by atomic mass is 35.5. The number of nitrogens with one attached hydrogen (secondary N) is 1. The van der Waals surface area contributed by atoms with Crippen molar-refractivity contribution in [1.29, 1.82) is 0 Å². The fraction of sp³-hybridized carbons (Fsp3) is 0.308. The summed E-state index contributed by atoms with van der Waals surface area (Å²) in [6.45, 7) is 2.52. The molecule has 0 spiro atoms. The Kier molecular flexibility index (Phi) is 3.50. The number of nitrogens with zero attached hydrogens (tertiary/aromatic N) is 1. The standard InChI is InChI=1S/C13H15ClN2O/c1-8-4-9(14)5-11-12(15-2)6-10(7-17-3)16-13(8)11/h4-6H,7H2,1-3H3,(H,15,16). The molecule has 1 aromatic carbocycles. The maximum Gasteiger partial charge on any atom is 0.0885 e. The number of hydrogen-bond donors (Lipinski definition) is 1. The maximum atomic E-state index is 6.07. The minimum Gasteiger partial charge on any atom is -0.388 e. The van der Waals surface area contributed by atoms with E-state index in [1.165, 1.54) is 0 Å². The highest BCUT2D eigenvalue weighted by molar-refractivity contribution is 6.31. The van der Waals surface area contributed by atoms with Crippen molar-refractivity contribution in [3.8, 4) is 0 Å². The summed E-state index contributed by atoms with van der Waals surface area (Å²) in [6, 6.07) is 5.84. The minimum atomic E-state index is 0.507. The summed E-state index contributed by atoms with van der Waals surface area (Å²) < 4.78 is 5.12. The third kappa shape index (κ3) is 2.35. The Balaban J connectivity index is 2.73. The van der Waals surface area contributed by atoms with Crippen LogP contribution in [0.15, 0.2) is 18.2 Å². The molecule has 0 bridgehead atoms. The lowest BCUT2D eigenvalue weighted by molar-refractivity contribution is 0.182. The summed E-state index contributed by atoms with van der Waals surface area (Å²) in [5.74, 6) is 0. The van der Waals surface area contributed by atoms with Gasteiger partial charge in [0.05, 0.1) is 17.8 Å². The van der Waals surface area contributed by atoms with E-state index in [0.717, 1.165) is 32.9 Å². The Hall–Kier alpha value is -1.32. The zero-order chi connectivity index (χ0) is 12.4. The zero-order valence-electron chi connectivity index (χ0n) is 10.2. The molecule has 0 amide bonds. The van der Waals surface area contributed by atoms with Crippen LogP contribution in [0.1, 0.15) is 11.3 Å². The molecule has 3 nitrogen and oxygen atoms in total. The molecular weight excluding hydrogens is 236 g/mol. The van der Waals surface area contributed by atoms with E-state index in [2.05, 4.69) is 10.3 Å². The number of aromatic nitrogens is 1. The molecule has 4 heteroatoms. The van der Waals surface area contributed by atoms with Gasteiger partial charge in [-0.25, -0.2) is 4.98 Å². The number of anilines is 1. The van der Waals surface area contributed by atoms with Crippen LogP contribution in [0.5, 0.6) is 0 Å². The summed E-state index contributed by atoms with van der Waals surface area (Å²) in [7, 11) is 3.56. The molecule has 1 heterocycles. The molecule has 0 saturated heterocycles. The number of pyridine rings is 1. The van der Waals surface area contributed by atoms with Crippen molar-refractivity contribution in [2.45, 2.75) is 13.5 Å². The lowest BCUT2D eigenvalue weighted by Crippen LogP contribution is -1.99. The number of methoxy groups -OCH3 is 1. The van der Waals surface area contributed by atoms with Gasteiger partial charge in [0, 0.05) is 30.3 Å². The normalized spacial score (nSPS) is 10.8. The zero-order valence-corrected chi connectivity index (χ0v) is 10.9. The Bertz CT molecular complexity index is 555. The fourth-order valence-electron chi connectivity index (χ4n) is 1.94. The van der Waals surface area contributed by atoms with Crippen LogP contribution in [-0.4, -0.2) is 19.1 Å². The van der Waals surface area contributed by atoms with E-state index in [0.29, 0.717) is 6.61 Å². The van der Waals surface area contributed by atoms with Crippen molar-refractivity contribution in [2.75, 3.05) is 19.5 Å². The first kappa shape index (κ1) is 12.1. The number of hydrogen-bond acceptors (Lipinski definition) is 3. The van der Waals surface area contributed by atoms with Gasteiger partial charge >= 0.3 is 0 Å². The van der Waals surface area contributed by atoms with E-state index in [1.807, 2.05) is 32.2 Å². The lowest BCUT2D eigenvalue weighted by Gasteiger charge is -2.11. The molecule has 0 fully saturated rings. The largest absolute Gasteiger partial charge is 0.388 e. The quantitative estimate of drug-likeness (QED) is 0.907. The molecule has 17 heavy (non-hydrogen) atoms. The van der Waals surface area contributed by atoms with E-state index in [1.54, 1.807) is 7.11 Å². The van der Waals surface area contributed by atoms with Crippen molar-refractivity contribution in [1.82, 2.24) is 4.98 Å². The molecule has 1 aromatic heterocycles. The predicted octanol–water partition coefficient (Wildman–Crippen LogP) is 3.38. The van der Waals surface area contributed by atoms with E-state index >= 15 is 0 Å². The molecule has 1 N–H and O–H groups in total. The number of ether oxygens (including phenoxy) is 1. The average Bonchev–Trinajstić information content (AvgIpc) is 2.29. The summed E-state index contributed by atoms with van der Waals surface area (Å²) >= 11 is 6.07. The predicted molar refractivity (Wildman–Crippen MR) is 71.7 cm³/mol. The van der Waals surface area contributed by atoms with Gasteiger partial charge in [0.15, 0.2) is 0 Å². The summed E-state index contributed by atoms with van der Waals surface area (Å²) in [4.78, 5) is 4.59. The summed E-state index contributed by atoms with van der Waals surface area (Å²) in [6.07, 6.45) is 0. The van der Waals surface area contributed by atoms with Gasteiger partial charge in [0.2, 0.25) is 0 Å². The Morgan fingerprint density at radius 1 is 1.35 bits per heavy atom. The number of fused-ring (bicyclic) bond motifs is 1. The lowest BCUT2D eigenvalue weighted by atomic mass is 10.1. The molecule has 0 unspecified atom stereocenters. The van der Waals surface area contributed by atoms with Gasteiger partial charge in [-0.05, 0) is 30.7 Å². The smallest absolute Gasteiger partial charge is 0.0885 e. The molecule has 2 rings (SSSR count). The Morgan fingerprint density at radius 2 is 2.12 bits per heavy atom. The molecule has 0 aliphatic heterocycles. The van der Waals surface area contributed by atoms with Crippen LogP contribution in [0.4, 0.5) is 5.69 Å². The van der Waals surface area contributed by atoms with E-state index in [-0.39, 0.29) is 0 Å². The summed E-state index contributed by atoms with van der Waals surface area (Å²) in [5.41, 5.74) is 3.97. The highest BCUT2D eigenvalue weighted by Gasteiger charge is 2.08. The van der Waals surface area contributed by atoms with Crippen molar-refractivity contribution >= 4 is 28.2 Å². The van der Waals surface area contributed by atoms with Crippen molar-refractivity contribution in [2.24, 2.45) is 0 Å². The number of benzene rings is 1. The molecule has 0 saturated carbocycles. The Labute approximate surface area is 106 Å². The van der Waals surface area contributed by atoms with Crippen LogP contribution in [0.3, 0.4) is 0 Å². The van der Waals surface area contributed by atoms with E-state index in [4.69, 9.17) is 16.3 Å². The van der Waals surface area contributed by atoms with Gasteiger partial charge in [-0.3, -0.25) is 0 Å². The molecule has 2 aromatic rings. The summed E-state index contributed by atoms with van der Waals surface area (Å²) in [5, 5.41) is 4.94. The van der Waals surface area contributed by atoms with Crippen molar-refractivity contribution in [3.63, 3.8) is 0 Å². The van der Waals surface area contributed by atoms with Crippen LogP contribution in [0, 0.1) is 6.92 Å². The molecule has 0 atom stereocenters. The second-order valence-corrected chi connectivity index (χ2v) is 4.40. The van der Waals surface area contributed by atoms with Crippen molar-refractivity contribution < 1.29 is 4.74 Å². The van der Waals surface area contributed by atoms with Gasteiger partial charge in [-0.15, -0.1) is 0 Å². The first-order chi connectivity index (χ1) is 8.15. The number of halogens is 1. The average molecular weight is 251 g/mol. The first-order valence-electron chi connectivity index (χ1n) is 5.42. The number of aryl methyl sites for hydroxylation is 1. The SMILES string of the molecule is CNc1cc(COC)nc2c(C)cc(Cl)cc12. The first-order valence-corrected chi connectivity index (χ1v) is 5.80. The second-order valence-electron chi connectivity index (χ2n) is 3.96. The minimum absolute atomic E-state index is 0.507. The van der Waals surface area contributed by atoms with Gasteiger partial charge in [-0.1, -0.05) is 11.6 Å². The van der Waals surface area contributed by atoms with Gasteiger partial charge in [-0.2, -0.15) is 0 Å². The molecule has 0 aliphatic carbocycles. The third-order valence-corrected chi connectivity index (χ3v) is 2.90. The Morgan fingerprint density at radius 3 is 2.76 bits per heavy atom. The van der Waals surface area contributed by atoms with Gasteiger partial charge in [0.1, 0.15) is 0 Å². The van der Waals surface area contributed by atoms with E-state index in [9.17, 15) is 0 Å². The molecular formula is C13H15ClN2O. The van der Waals surface area contributed by atoms with Crippen LogP contribution >= 0.6 is 11.6 Å².